The van der Waals surface area contributed by atoms with Gasteiger partial charge in [-0.05, 0) is 6.42 Å². The lowest BCUT2D eigenvalue weighted by atomic mass is 10.2. The van der Waals surface area contributed by atoms with Gasteiger partial charge in [0.25, 0.3) is 5.89 Å². The Morgan fingerprint density at radius 3 is 2.39 bits per heavy atom. The van der Waals surface area contributed by atoms with Crippen molar-refractivity contribution in [1.82, 2.24) is 20.4 Å². The highest BCUT2D eigenvalue weighted by atomic mass is 16.5. The second-order valence-electron chi connectivity index (χ2n) is 3.59. The van der Waals surface area contributed by atoms with E-state index in [4.69, 9.17) is 19.0 Å². The van der Waals surface area contributed by atoms with Crippen LogP contribution in [-0.2, 0) is 24.2 Å². The molecule has 0 aliphatic heterocycles. The summed E-state index contributed by atoms with van der Waals surface area (Å²) in [6, 6.07) is 0. The molecule has 0 atom stereocenters. The highest BCUT2D eigenvalue weighted by Crippen LogP contribution is 2.07. The van der Waals surface area contributed by atoms with Gasteiger partial charge in [-0.15, -0.1) is 20.4 Å². The van der Waals surface area contributed by atoms with Gasteiger partial charge in [0.2, 0.25) is 17.7 Å². The molecule has 0 saturated carbocycles. The van der Waals surface area contributed by atoms with E-state index in [1.165, 1.54) is 0 Å². The smallest absolute Gasteiger partial charge is 0.253 e. The van der Waals surface area contributed by atoms with Crippen molar-refractivity contribution in [2.45, 2.75) is 32.8 Å². The average molecular weight is 251 g/mol. The number of nitrogens with zero attached hydrogens (tertiary/aromatic N) is 4. The number of aryl methyl sites for hydroxylation is 3. The number of hydrogen-bond donors (Lipinski definition) is 1. The molecule has 0 saturated heterocycles. The Balaban J connectivity index is 1.76. The van der Waals surface area contributed by atoms with E-state index in [1.54, 1.807) is 6.92 Å². The molecule has 18 heavy (non-hydrogen) atoms. The molecule has 0 radical (unpaired) electrons. The number of rotatable bonds is 7. The monoisotopic (exact) mass is 251 g/mol. The molecular weight excluding hydrogens is 238 g/mol. The fraction of sp³-hybridized carbons (Fsp3) is 0.500. The van der Waals surface area contributed by atoms with Crippen LogP contribution in [0.4, 0.5) is 0 Å². The zero-order valence-electron chi connectivity index (χ0n) is 9.92. The first-order chi connectivity index (χ1) is 8.78. The molecule has 0 aliphatic carbocycles. The molecular formula is C10H13N5O3. The van der Waals surface area contributed by atoms with E-state index >= 15 is 0 Å². The molecule has 1 N–H and O–H groups in total. The van der Waals surface area contributed by atoms with E-state index in [9.17, 15) is 0 Å². The largest absolute Gasteiger partial charge is 0.474 e. The lowest BCUT2D eigenvalue weighted by molar-refractivity contribution is 0.256. The fourth-order valence-corrected chi connectivity index (χ4v) is 1.39. The lowest BCUT2D eigenvalue weighted by Gasteiger charge is -1.93. The Morgan fingerprint density at radius 2 is 1.72 bits per heavy atom. The van der Waals surface area contributed by atoms with Crippen molar-refractivity contribution in [3.63, 3.8) is 0 Å². The quantitative estimate of drug-likeness (QED) is 0.578. The molecule has 0 spiro atoms. The summed E-state index contributed by atoms with van der Waals surface area (Å²) in [5, 5.41) is 22.0. The molecule has 0 amide bonds. The van der Waals surface area contributed by atoms with Gasteiger partial charge >= 0.3 is 0 Å². The van der Waals surface area contributed by atoms with E-state index in [2.05, 4.69) is 20.4 Å². The first-order valence-electron chi connectivity index (χ1n) is 5.48. The summed E-state index contributed by atoms with van der Waals surface area (Å²) in [7, 11) is 0. The van der Waals surface area contributed by atoms with Crippen LogP contribution >= 0.6 is 0 Å². The maximum absolute atomic E-state index is 6.71. The van der Waals surface area contributed by atoms with Crippen molar-refractivity contribution < 1.29 is 13.6 Å². The molecule has 2 aromatic rings. The van der Waals surface area contributed by atoms with E-state index in [1.807, 2.05) is 0 Å². The molecule has 96 valence electrons. The van der Waals surface area contributed by atoms with Crippen molar-refractivity contribution in [2.75, 3.05) is 0 Å². The van der Waals surface area contributed by atoms with Crippen molar-refractivity contribution >= 4 is 6.40 Å². The molecule has 2 aromatic heterocycles. The summed E-state index contributed by atoms with van der Waals surface area (Å²) in [5.41, 5.74) is 0. The molecule has 0 bridgehead atoms. The van der Waals surface area contributed by atoms with E-state index in [0.717, 1.165) is 12.8 Å². The van der Waals surface area contributed by atoms with Gasteiger partial charge in [-0.25, -0.2) is 0 Å². The number of ether oxygens (including phenoxy) is 1. The van der Waals surface area contributed by atoms with Gasteiger partial charge in [0.05, 0.1) is 0 Å². The van der Waals surface area contributed by atoms with Crippen LogP contribution in [0.5, 0.6) is 0 Å². The molecule has 0 unspecified atom stereocenters. The molecule has 2 heterocycles. The molecule has 8 heteroatoms. The second kappa shape index (κ2) is 5.89. The fourth-order valence-electron chi connectivity index (χ4n) is 1.39. The summed E-state index contributed by atoms with van der Waals surface area (Å²) in [6.07, 6.45) is 2.94. The Morgan fingerprint density at radius 1 is 1.06 bits per heavy atom. The van der Waals surface area contributed by atoms with Crippen molar-refractivity contribution in [2.24, 2.45) is 0 Å². The minimum atomic E-state index is 0.124. The third kappa shape index (κ3) is 3.37. The van der Waals surface area contributed by atoms with E-state index < -0.39 is 0 Å². The van der Waals surface area contributed by atoms with Crippen molar-refractivity contribution in [3.8, 4) is 0 Å². The maximum Gasteiger partial charge on any atom is 0.253 e. The minimum Gasteiger partial charge on any atom is -0.474 e. The third-order valence-electron chi connectivity index (χ3n) is 2.15. The van der Waals surface area contributed by atoms with Gasteiger partial charge in [-0.2, -0.15) is 0 Å². The molecule has 0 aliphatic rings. The molecule has 0 aromatic carbocycles. The summed E-state index contributed by atoms with van der Waals surface area (Å²) >= 11 is 0. The predicted molar refractivity (Wildman–Crippen MR) is 58.9 cm³/mol. The number of hydrogen-bond acceptors (Lipinski definition) is 8. The van der Waals surface area contributed by atoms with Crippen LogP contribution in [0.2, 0.25) is 0 Å². The summed E-state index contributed by atoms with van der Waals surface area (Å²) in [6.45, 7) is 1.88. The molecule has 2 rings (SSSR count). The summed E-state index contributed by atoms with van der Waals surface area (Å²) in [4.78, 5) is 0. The lowest BCUT2D eigenvalue weighted by Crippen LogP contribution is -1.90. The third-order valence-corrected chi connectivity index (χ3v) is 2.15. The van der Waals surface area contributed by atoms with Crippen molar-refractivity contribution in [3.05, 3.63) is 23.6 Å². The van der Waals surface area contributed by atoms with Crippen LogP contribution in [0.25, 0.3) is 0 Å². The predicted octanol–water partition coefficient (Wildman–Crippen LogP) is 1.06. The first kappa shape index (κ1) is 12.2. The van der Waals surface area contributed by atoms with E-state index in [0.29, 0.717) is 36.4 Å². The SMILES string of the molecule is Cc1nnc(CCCc2nnc(COC=N)o2)o1. The average Bonchev–Trinajstić information content (AvgIpc) is 2.96. The minimum absolute atomic E-state index is 0.124. The normalized spacial score (nSPS) is 10.5. The highest BCUT2D eigenvalue weighted by molar-refractivity contribution is 5.40. The standard InChI is InChI=1S/C10H13N5O3/c1-7-12-13-8(17-7)3-2-4-9-14-15-10(18-9)5-16-6-11/h6,11H,2-5H2,1H3. The van der Waals surface area contributed by atoms with Crippen LogP contribution < -0.4 is 0 Å². The highest BCUT2D eigenvalue weighted by Gasteiger charge is 2.07. The Kier molecular flexibility index (Phi) is 4.00. The molecule has 0 fully saturated rings. The van der Waals surface area contributed by atoms with Crippen molar-refractivity contribution in [1.29, 1.82) is 5.41 Å². The number of nitrogens with one attached hydrogen (secondary N) is 1. The number of aromatic nitrogens is 4. The van der Waals surface area contributed by atoms with Gasteiger partial charge in [-0.3, -0.25) is 5.41 Å². The van der Waals surface area contributed by atoms with Crippen LogP contribution in [0.15, 0.2) is 8.83 Å². The van der Waals surface area contributed by atoms with Crippen LogP contribution in [-0.4, -0.2) is 26.8 Å². The summed E-state index contributed by atoms with van der Waals surface area (Å²) < 4.78 is 15.3. The van der Waals surface area contributed by atoms with Gasteiger partial charge in [0, 0.05) is 19.8 Å². The zero-order valence-corrected chi connectivity index (χ0v) is 9.92. The van der Waals surface area contributed by atoms with Crippen LogP contribution in [0.3, 0.4) is 0 Å². The Bertz CT molecular complexity index is 507. The maximum atomic E-state index is 6.71. The topological polar surface area (TPSA) is 111 Å². The summed E-state index contributed by atoms with van der Waals surface area (Å²) in [5.74, 6) is 2.07. The Labute approximate surface area is 103 Å². The molecule has 8 nitrogen and oxygen atoms in total. The van der Waals surface area contributed by atoms with Gasteiger partial charge in [0.15, 0.2) is 13.0 Å². The van der Waals surface area contributed by atoms with Gasteiger partial charge in [0.1, 0.15) is 0 Å². The zero-order chi connectivity index (χ0) is 12.8. The van der Waals surface area contributed by atoms with Gasteiger partial charge < -0.3 is 13.6 Å². The first-order valence-corrected chi connectivity index (χ1v) is 5.48. The second-order valence-corrected chi connectivity index (χ2v) is 3.59. The van der Waals surface area contributed by atoms with Gasteiger partial charge in [-0.1, -0.05) is 0 Å². The van der Waals surface area contributed by atoms with Crippen LogP contribution in [0, 0.1) is 12.3 Å². The van der Waals surface area contributed by atoms with Crippen LogP contribution in [0.1, 0.15) is 30.0 Å². The van der Waals surface area contributed by atoms with E-state index in [-0.39, 0.29) is 6.61 Å². The Hall–Kier alpha value is -2.25.